The number of nitrogens with one attached hydrogen (secondary N) is 1. The van der Waals surface area contributed by atoms with Crippen molar-refractivity contribution in [2.45, 2.75) is 18.4 Å². The summed E-state index contributed by atoms with van der Waals surface area (Å²) in [6.07, 6.45) is 2.63. The summed E-state index contributed by atoms with van der Waals surface area (Å²) in [7, 11) is -3.44. The summed E-state index contributed by atoms with van der Waals surface area (Å²) in [5, 5.41) is 6.58. The second kappa shape index (κ2) is 5.57. The monoisotopic (exact) mass is 308 g/mol. The van der Waals surface area contributed by atoms with Crippen molar-refractivity contribution in [3.63, 3.8) is 0 Å². The normalized spacial score (nSPS) is 11.3. The number of aryl methyl sites for hydroxylation is 1. The molecule has 0 fully saturated rings. The van der Waals surface area contributed by atoms with Crippen LogP contribution in [0.15, 0.2) is 35.4 Å². The Bertz CT molecular complexity index is 780. The second-order valence-corrected chi connectivity index (χ2v) is 6.50. The number of carbonyl (C=O) groups is 1. The Morgan fingerprint density at radius 1 is 1.38 bits per heavy atom. The fourth-order valence-electron chi connectivity index (χ4n) is 1.85. The van der Waals surface area contributed by atoms with Crippen LogP contribution in [0.4, 0.5) is 11.4 Å². The van der Waals surface area contributed by atoms with Gasteiger partial charge >= 0.3 is 0 Å². The molecule has 2 rings (SSSR count). The number of nitrogens with two attached hydrogens (primary N) is 1. The summed E-state index contributed by atoms with van der Waals surface area (Å²) in [5.74, 6) is -0.546. The van der Waals surface area contributed by atoms with Gasteiger partial charge in [-0.15, -0.1) is 0 Å². The quantitative estimate of drug-likeness (QED) is 0.880. The van der Waals surface area contributed by atoms with Crippen molar-refractivity contribution in [3.8, 4) is 0 Å². The van der Waals surface area contributed by atoms with Crippen LogP contribution in [0.1, 0.15) is 17.4 Å². The fourth-order valence-corrected chi connectivity index (χ4v) is 2.69. The van der Waals surface area contributed by atoms with E-state index in [1.54, 1.807) is 18.3 Å². The predicted octanol–water partition coefficient (Wildman–Crippen LogP) is 1.14. The van der Waals surface area contributed by atoms with Gasteiger partial charge in [-0.25, -0.2) is 8.42 Å². The van der Waals surface area contributed by atoms with E-state index in [0.29, 0.717) is 6.54 Å². The molecule has 0 spiro atoms. The Balaban J connectivity index is 2.34. The van der Waals surface area contributed by atoms with Gasteiger partial charge in [-0.05, 0) is 19.1 Å². The molecular weight excluding hydrogens is 292 g/mol. The molecule has 0 aliphatic rings. The van der Waals surface area contributed by atoms with Crippen molar-refractivity contribution in [2.75, 3.05) is 17.3 Å². The van der Waals surface area contributed by atoms with Crippen LogP contribution in [0.5, 0.6) is 0 Å². The van der Waals surface area contributed by atoms with Gasteiger partial charge in [0.05, 0.1) is 16.3 Å². The van der Waals surface area contributed by atoms with Crippen molar-refractivity contribution < 1.29 is 13.2 Å². The summed E-state index contributed by atoms with van der Waals surface area (Å²) in [5.41, 5.74) is 6.25. The van der Waals surface area contributed by atoms with Gasteiger partial charge in [-0.1, -0.05) is 12.1 Å². The number of hydrogen-bond donors (Lipinski definition) is 2. The Morgan fingerprint density at radius 2 is 2.05 bits per heavy atom. The third-order valence-corrected chi connectivity index (χ3v) is 4.02. The molecule has 2 aromatic rings. The molecule has 7 nitrogen and oxygen atoms in total. The zero-order valence-electron chi connectivity index (χ0n) is 11.7. The summed E-state index contributed by atoms with van der Waals surface area (Å²) in [6.45, 7) is 2.45. The Labute approximate surface area is 122 Å². The van der Waals surface area contributed by atoms with E-state index in [9.17, 15) is 13.2 Å². The topological polar surface area (TPSA) is 107 Å². The largest absolute Gasteiger partial charge is 0.396 e. The number of nitrogen functional groups attached to an aromatic ring is 1. The third-order valence-electron chi connectivity index (χ3n) is 2.86. The minimum atomic E-state index is -3.44. The molecule has 1 amide bonds. The summed E-state index contributed by atoms with van der Waals surface area (Å²) < 4.78 is 24.9. The number of amides is 1. The minimum absolute atomic E-state index is 0.0480. The van der Waals surface area contributed by atoms with Gasteiger partial charge in [0.15, 0.2) is 15.5 Å². The lowest BCUT2D eigenvalue weighted by atomic mass is 10.3. The first-order chi connectivity index (χ1) is 9.82. The summed E-state index contributed by atoms with van der Waals surface area (Å²) >= 11 is 0. The fraction of sp³-hybridized carbons (Fsp3) is 0.231. The summed E-state index contributed by atoms with van der Waals surface area (Å²) in [6, 6.07) is 6.17. The van der Waals surface area contributed by atoms with Crippen LogP contribution in [0.25, 0.3) is 0 Å². The van der Waals surface area contributed by atoms with Crippen molar-refractivity contribution in [2.24, 2.45) is 0 Å². The number of benzene rings is 1. The Hall–Kier alpha value is -2.35. The molecule has 0 unspecified atom stereocenters. The standard InChI is InChI=1S/C13H16N4O3S/c1-3-17-8-9(14)12(16-17)13(18)15-10-6-4-5-7-11(10)21(2,19)20/h4-8H,3,14H2,1-2H3,(H,15,18). The minimum Gasteiger partial charge on any atom is -0.396 e. The average Bonchev–Trinajstić information content (AvgIpc) is 2.79. The SMILES string of the molecule is CCn1cc(N)c(C(=O)Nc2ccccc2S(C)(=O)=O)n1. The van der Waals surface area contributed by atoms with Gasteiger partial charge in [0.25, 0.3) is 5.91 Å². The van der Waals surface area contributed by atoms with Gasteiger partial charge in [0.2, 0.25) is 0 Å². The summed E-state index contributed by atoms with van der Waals surface area (Å²) in [4.78, 5) is 12.2. The van der Waals surface area contributed by atoms with Crippen LogP contribution in [-0.2, 0) is 16.4 Å². The highest BCUT2D eigenvalue weighted by molar-refractivity contribution is 7.90. The van der Waals surface area contributed by atoms with Gasteiger partial charge < -0.3 is 11.1 Å². The molecule has 1 aromatic carbocycles. The van der Waals surface area contributed by atoms with Crippen LogP contribution in [-0.4, -0.2) is 30.4 Å². The van der Waals surface area contributed by atoms with E-state index in [1.807, 2.05) is 6.92 Å². The molecule has 112 valence electrons. The number of para-hydroxylation sites is 1. The van der Waals surface area contributed by atoms with Crippen LogP contribution in [0.3, 0.4) is 0 Å². The Morgan fingerprint density at radius 3 is 2.62 bits per heavy atom. The second-order valence-electron chi connectivity index (χ2n) is 4.51. The highest BCUT2D eigenvalue weighted by Crippen LogP contribution is 2.22. The average molecular weight is 308 g/mol. The molecule has 0 atom stereocenters. The maximum absolute atomic E-state index is 12.2. The molecule has 0 bridgehead atoms. The molecule has 0 saturated carbocycles. The molecule has 8 heteroatoms. The van der Waals surface area contributed by atoms with Gasteiger partial charge in [-0.3, -0.25) is 9.48 Å². The molecule has 0 aliphatic heterocycles. The van der Waals surface area contributed by atoms with Gasteiger partial charge in [0.1, 0.15) is 0 Å². The maximum atomic E-state index is 12.2. The molecule has 0 saturated heterocycles. The van der Waals surface area contributed by atoms with Gasteiger partial charge in [0, 0.05) is 19.0 Å². The number of carbonyl (C=O) groups excluding carboxylic acids is 1. The highest BCUT2D eigenvalue weighted by atomic mass is 32.2. The van der Waals surface area contributed by atoms with E-state index in [4.69, 9.17) is 5.73 Å². The lowest BCUT2D eigenvalue weighted by molar-refractivity contribution is 0.102. The van der Waals surface area contributed by atoms with Crippen LogP contribution < -0.4 is 11.1 Å². The van der Waals surface area contributed by atoms with Crippen molar-refractivity contribution in [1.82, 2.24) is 9.78 Å². The van der Waals surface area contributed by atoms with Crippen molar-refractivity contribution in [3.05, 3.63) is 36.2 Å². The zero-order chi connectivity index (χ0) is 15.6. The zero-order valence-corrected chi connectivity index (χ0v) is 12.5. The number of nitrogens with zero attached hydrogens (tertiary/aromatic N) is 2. The lowest BCUT2D eigenvalue weighted by Crippen LogP contribution is -2.16. The van der Waals surface area contributed by atoms with Crippen molar-refractivity contribution in [1.29, 1.82) is 0 Å². The highest BCUT2D eigenvalue weighted by Gasteiger charge is 2.18. The van der Waals surface area contributed by atoms with E-state index in [2.05, 4.69) is 10.4 Å². The van der Waals surface area contributed by atoms with Crippen LogP contribution in [0, 0.1) is 0 Å². The number of hydrogen-bond acceptors (Lipinski definition) is 5. The van der Waals surface area contributed by atoms with Crippen LogP contribution >= 0.6 is 0 Å². The van der Waals surface area contributed by atoms with E-state index < -0.39 is 15.7 Å². The third kappa shape index (κ3) is 3.22. The van der Waals surface area contributed by atoms with Crippen LogP contribution in [0.2, 0.25) is 0 Å². The molecule has 1 heterocycles. The molecule has 3 N–H and O–H groups in total. The first-order valence-electron chi connectivity index (χ1n) is 6.26. The number of rotatable bonds is 4. The maximum Gasteiger partial charge on any atom is 0.278 e. The molecule has 21 heavy (non-hydrogen) atoms. The first-order valence-corrected chi connectivity index (χ1v) is 8.15. The van der Waals surface area contributed by atoms with E-state index in [0.717, 1.165) is 6.26 Å². The lowest BCUT2D eigenvalue weighted by Gasteiger charge is -2.08. The van der Waals surface area contributed by atoms with E-state index in [1.165, 1.54) is 16.8 Å². The predicted molar refractivity (Wildman–Crippen MR) is 79.8 cm³/mol. The van der Waals surface area contributed by atoms with Gasteiger partial charge in [-0.2, -0.15) is 5.10 Å². The number of sulfone groups is 1. The molecular formula is C13H16N4O3S. The number of anilines is 2. The van der Waals surface area contributed by atoms with E-state index >= 15 is 0 Å². The van der Waals surface area contributed by atoms with E-state index in [-0.39, 0.29) is 22.0 Å². The number of aromatic nitrogens is 2. The molecule has 1 aromatic heterocycles. The first kappa shape index (κ1) is 15.0. The molecule has 0 aliphatic carbocycles. The molecule has 0 radical (unpaired) electrons. The Kier molecular flexibility index (Phi) is 3.99. The van der Waals surface area contributed by atoms with Crippen molar-refractivity contribution >= 4 is 27.1 Å². The smallest absolute Gasteiger partial charge is 0.278 e.